The van der Waals surface area contributed by atoms with Crippen molar-refractivity contribution in [3.05, 3.63) is 203 Å². The van der Waals surface area contributed by atoms with Crippen molar-refractivity contribution in [2.45, 2.75) is 41.5 Å². The number of aliphatic imine (C=N–C) groups is 4. The molecule has 0 aliphatic rings. The minimum absolute atomic E-state index is 0.875. The molecule has 3 aromatic heterocycles. The molecule has 0 unspecified atom stereocenters. The van der Waals surface area contributed by atoms with Crippen LogP contribution in [-0.4, -0.2) is 39.8 Å². The molecule has 0 saturated carbocycles. The van der Waals surface area contributed by atoms with Crippen LogP contribution in [0, 0.1) is 20.8 Å². The van der Waals surface area contributed by atoms with Gasteiger partial charge in [0.1, 0.15) is 0 Å². The lowest BCUT2D eigenvalue weighted by Gasteiger charge is -2.19. The largest absolute Gasteiger partial charge is 0.358 e. The summed E-state index contributed by atoms with van der Waals surface area (Å²) in [4.78, 5) is 29.1. The fourth-order valence-corrected chi connectivity index (χ4v) is 7.22. The van der Waals surface area contributed by atoms with E-state index in [-0.39, 0.29) is 0 Å². The molecule has 3 heterocycles. The highest BCUT2D eigenvalue weighted by Crippen LogP contribution is 2.43. The normalized spacial score (nSPS) is 12.1. The van der Waals surface area contributed by atoms with Crippen molar-refractivity contribution in [3.8, 4) is 44.5 Å². The van der Waals surface area contributed by atoms with Crippen LogP contribution in [0.5, 0.6) is 0 Å². The number of hydrogen-bond donors (Lipinski definition) is 3. The van der Waals surface area contributed by atoms with Gasteiger partial charge in [-0.1, -0.05) is 66.3 Å². The number of rotatable bonds is 13. The summed E-state index contributed by atoms with van der Waals surface area (Å²) in [6.45, 7) is 12.4. The first-order valence-corrected chi connectivity index (χ1v) is 21.2. The number of aromatic nitrogens is 3. The average molecular weight is 822 g/mol. The third-order valence-electron chi connectivity index (χ3n) is 10.6. The molecule has 0 aliphatic carbocycles. The van der Waals surface area contributed by atoms with Crippen LogP contribution < -0.4 is 0 Å². The third kappa shape index (κ3) is 10.9. The van der Waals surface area contributed by atoms with E-state index in [4.69, 9.17) is 20.0 Å². The van der Waals surface area contributed by atoms with Gasteiger partial charge >= 0.3 is 0 Å². The van der Waals surface area contributed by atoms with Gasteiger partial charge in [0.05, 0.1) is 58.5 Å². The zero-order valence-corrected chi connectivity index (χ0v) is 36.6. The van der Waals surface area contributed by atoms with Gasteiger partial charge in [-0.2, -0.15) is 0 Å². The Morgan fingerprint density at radius 2 is 0.667 bits per heavy atom. The zero-order chi connectivity index (χ0) is 43.7. The molecule has 0 spiro atoms. The van der Waals surface area contributed by atoms with Crippen LogP contribution in [0.4, 0.5) is 22.7 Å². The Bertz CT molecular complexity index is 3010. The molecule has 0 fully saturated rings. The van der Waals surface area contributed by atoms with E-state index in [1.54, 1.807) is 0 Å². The molecule has 0 amide bonds. The van der Waals surface area contributed by atoms with Gasteiger partial charge in [-0.3, -0.25) is 20.0 Å². The van der Waals surface area contributed by atoms with E-state index in [2.05, 4.69) is 175 Å². The maximum atomic E-state index is 4.79. The van der Waals surface area contributed by atoms with E-state index in [1.807, 2.05) is 63.8 Å². The number of benzene rings is 5. The van der Waals surface area contributed by atoms with E-state index in [1.165, 1.54) is 5.57 Å². The number of hydrogen-bond acceptors (Lipinski definition) is 4. The molecule has 0 bridgehead atoms. The van der Waals surface area contributed by atoms with Gasteiger partial charge in [-0.25, -0.2) is 0 Å². The van der Waals surface area contributed by atoms with Crippen molar-refractivity contribution in [1.82, 2.24) is 15.0 Å². The topological polar surface area (TPSA) is 96.8 Å². The summed E-state index contributed by atoms with van der Waals surface area (Å²) >= 11 is 0. The van der Waals surface area contributed by atoms with Crippen LogP contribution in [0.2, 0.25) is 0 Å². The van der Waals surface area contributed by atoms with Gasteiger partial charge < -0.3 is 15.0 Å². The molecule has 0 radical (unpaired) electrons. The minimum Gasteiger partial charge on any atom is -0.358 e. The predicted octanol–water partition coefficient (Wildman–Crippen LogP) is 15.1. The molecule has 8 rings (SSSR count). The first-order chi connectivity index (χ1) is 30.6. The Hall–Kier alpha value is -7.90. The number of aromatic amines is 3. The highest BCUT2D eigenvalue weighted by molar-refractivity contribution is 5.96. The van der Waals surface area contributed by atoms with Crippen molar-refractivity contribution >= 4 is 47.6 Å². The monoisotopic (exact) mass is 821 g/mol. The number of nitrogens with one attached hydrogen (secondary N) is 3. The van der Waals surface area contributed by atoms with E-state index in [9.17, 15) is 0 Å². The number of aryl methyl sites for hydroxylation is 3. The summed E-state index contributed by atoms with van der Waals surface area (Å²) in [5, 5.41) is 0. The quantitative estimate of drug-likeness (QED) is 0.0763. The molecule has 310 valence electrons. The fraction of sp³-hybridized carbons (Fsp3) is 0.107. The smallest absolute Gasteiger partial charge is 0.0630 e. The van der Waals surface area contributed by atoms with Gasteiger partial charge in [0, 0.05) is 23.3 Å². The van der Waals surface area contributed by atoms with Crippen molar-refractivity contribution in [1.29, 1.82) is 0 Å². The van der Waals surface area contributed by atoms with E-state index in [0.29, 0.717) is 0 Å². The third-order valence-corrected chi connectivity index (χ3v) is 10.6. The first kappa shape index (κ1) is 41.8. The average Bonchev–Trinajstić information content (AvgIpc) is 4.06. The number of allylic oxidation sites excluding steroid dienone is 4. The summed E-state index contributed by atoms with van der Waals surface area (Å²) in [7, 11) is 0. The molecular weight excluding hydrogens is 771 g/mol. The van der Waals surface area contributed by atoms with Gasteiger partial charge in [0.25, 0.3) is 0 Å². The molecule has 0 aliphatic heterocycles. The lowest BCUT2D eigenvalue weighted by atomic mass is 9.85. The molecule has 63 heavy (non-hydrogen) atoms. The highest BCUT2D eigenvalue weighted by atomic mass is 14.8. The van der Waals surface area contributed by atoms with Gasteiger partial charge in [0.15, 0.2) is 0 Å². The standard InChI is InChI=1S/C56H51N7/c1-37(2)7-8-38(3)33-57-46-23-12-42(13-24-46)53-31-55(44-16-27-48(28-17-44)59-35-51-21-10-40(5)62-51)56(45-18-29-49(30-19-45)60-36-52-22-11-41(6)63-52)32-54(53)43-14-25-47(26-15-43)58-34-50-20-9-39(4)61-50/h7-36,61-63H,1-6H3/b38-8+,57-33+,58-34+,59-35+,60-36+. The van der Waals surface area contributed by atoms with E-state index >= 15 is 0 Å². The molecule has 8 aromatic rings. The highest BCUT2D eigenvalue weighted by Gasteiger charge is 2.17. The second kappa shape index (κ2) is 19.2. The van der Waals surface area contributed by atoms with Gasteiger partial charge in [0.2, 0.25) is 0 Å². The zero-order valence-electron chi connectivity index (χ0n) is 36.6. The second-order valence-corrected chi connectivity index (χ2v) is 16.1. The van der Waals surface area contributed by atoms with E-state index < -0.39 is 0 Å². The lowest BCUT2D eigenvalue weighted by Crippen LogP contribution is -1.92. The van der Waals surface area contributed by atoms with Crippen molar-refractivity contribution in [2.24, 2.45) is 20.0 Å². The molecule has 5 aromatic carbocycles. The maximum Gasteiger partial charge on any atom is 0.0630 e. The fourth-order valence-electron chi connectivity index (χ4n) is 7.22. The van der Waals surface area contributed by atoms with Crippen LogP contribution in [-0.2, 0) is 0 Å². The molecule has 0 saturated heterocycles. The minimum atomic E-state index is 0.875. The SMILES string of the molecule is CC(C)=C/C=C(C)/C=N/c1ccc(-c2cc(-c3ccc(/N=C/c4ccc(C)[nH]4)cc3)c(-c3ccc(/N=C/c4ccc(C)[nH]4)cc3)cc2-c2ccc(/N=C/c3ccc(C)[nH]3)cc2)cc1. The van der Waals surface area contributed by atoms with Gasteiger partial charge in [-0.15, -0.1) is 0 Å². The first-order valence-electron chi connectivity index (χ1n) is 21.2. The van der Waals surface area contributed by atoms with Crippen LogP contribution in [0.1, 0.15) is 54.9 Å². The molecule has 7 nitrogen and oxygen atoms in total. The molecular formula is C56H51N7. The van der Waals surface area contributed by atoms with Crippen LogP contribution in [0.3, 0.4) is 0 Å². The predicted molar refractivity (Wildman–Crippen MR) is 268 cm³/mol. The Kier molecular flexibility index (Phi) is 12.8. The summed E-state index contributed by atoms with van der Waals surface area (Å²) in [6.07, 6.45) is 11.7. The van der Waals surface area contributed by atoms with Crippen molar-refractivity contribution in [2.75, 3.05) is 0 Å². The summed E-state index contributed by atoms with van der Waals surface area (Å²) in [6, 6.07) is 50.8. The second-order valence-electron chi connectivity index (χ2n) is 16.1. The van der Waals surface area contributed by atoms with E-state index in [0.717, 1.165) is 107 Å². The van der Waals surface area contributed by atoms with Crippen LogP contribution >= 0.6 is 0 Å². The summed E-state index contributed by atoms with van der Waals surface area (Å²) < 4.78 is 0. The van der Waals surface area contributed by atoms with Gasteiger partial charge in [-0.05, 0) is 189 Å². The van der Waals surface area contributed by atoms with Crippen LogP contribution in [0.25, 0.3) is 44.5 Å². The number of H-pyrrole nitrogens is 3. The Morgan fingerprint density at radius 3 is 0.937 bits per heavy atom. The Morgan fingerprint density at radius 1 is 0.365 bits per heavy atom. The molecule has 7 heteroatoms. The summed E-state index contributed by atoms with van der Waals surface area (Å²) in [5.74, 6) is 0. The summed E-state index contributed by atoms with van der Waals surface area (Å²) in [5.41, 5.74) is 20.8. The molecule has 0 atom stereocenters. The Labute approximate surface area is 370 Å². The van der Waals surface area contributed by atoms with Crippen molar-refractivity contribution in [3.63, 3.8) is 0 Å². The maximum absolute atomic E-state index is 4.79. The Balaban J connectivity index is 1.23. The van der Waals surface area contributed by atoms with Crippen LogP contribution in [0.15, 0.2) is 189 Å². The lowest BCUT2D eigenvalue weighted by molar-refractivity contribution is 1.25. The van der Waals surface area contributed by atoms with Crippen molar-refractivity contribution < 1.29 is 0 Å². The number of nitrogens with zero attached hydrogens (tertiary/aromatic N) is 4. The molecule has 3 N–H and O–H groups in total.